The van der Waals surface area contributed by atoms with Crippen LogP contribution in [0.2, 0.25) is 0 Å². The second-order valence-electron chi connectivity index (χ2n) is 6.77. The first-order chi connectivity index (χ1) is 12.6. The van der Waals surface area contributed by atoms with Crippen molar-refractivity contribution in [2.24, 2.45) is 4.99 Å². The molecular weight excluding hydrogens is 350 g/mol. The molecule has 0 fully saturated rings. The van der Waals surface area contributed by atoms with E-state index < -0.39 is 27.0 Å². The second kappa shape index (κ2) is 7.94. The molecule has 2 aromatic rings. The highest BCUT2D eigenvalue weighted by atomic mass is 16.6. The van der Waals surface area contributed by atoms with Gasteiger partial charge in [0.2, 0.25) is 5.75 Å². The van der Waals surface area contributed by atoms with Gasteiger partial charge in [-0.25, -0.2) is 0 Å². The minimum Gasteiger partial charge on any atom is -0.502 e. The summed E-state index contributed by atoms with van der Waals surface area (Å²) < 4.78 is 0. The molecule has 0 saturated carbocycles. The number of aliphatic imine (C=N–C) groups is 1. The molecular formula is C19H21N3O5. The lowest BCUT2D eigenvalue weighted by molar-refractivity contribution is -0.394. The second-order valence-corrected chi connectivity index (χ2v) is 6.77. The molecule has 0 aliphatic heterocycles. The molecule has 1 N–H and O–H groups in total. The molecule has 0 amide bonds. The highest BCUT2D eigenvalue weighted by molar-refractivity contribution is 5.89. The van der Waals surface area contributed by atoms with Gasteiger partial charge >= 0.3 is 5.69 Å². The highest BCUT2D eigenvalue weighted by Gasteiger charge is 2.23. The zero-order valence-electron chi connectivity index (χ0n) is 15.5. The van der Waals surface area contributed by atoms with Crippen LogP contribution in [-0.2, 0) is 0 Å². The molecule has 0 unspecified atom stereocenters. The van der Waals surface area contributed by atoms with E-state index in [1.807, 2.05) is 45.9 Å². The summed E-state index contributed by atoms with van der Waals surface area (Å²) in [7, 11) is 0. The van der Waals surface area contributed by atoms with Crippen LogP contribution in [0, 0.1) is 20.2 Å². The fourth-order valence-electron chi connectivity index (χ4n) is 2.76. The minimum atomic E-state index is -0.860. The average Bonchev–Trinajstić information content (AvgIpc) is 2.59. The zero-order chi connectivity index (χ0) is 20.3. The predicted molar refractivity (Wildman–Crippen MR) is 103 cm³/mol. The molecule has 8 nitrogen and oxygen atoms in total. The molecule has 142 valence electrons. The van der Waals surface area contributed by atoms with Crippen molar-refractivity contribution in [1.29, 1.82) is 0 Å². The normalized spacial score (nSPS) is 11.5. The van der Waals surface area contributed by atoms with Gasteiger partial charge in [-0.05, 0) is 23.0 Å². The van der Waals surface area contributed by atoms with E-state index in [-0.39, 0.29) is 17.4 Å². The monoisotopic (exact) mass is 371 g/mol. The van der Waals surface area contributed by atoms with Crippen LogP contribution >= 0.6 is 0 Å². The Morgan fingerprint density at radius 3 is 2.00 bits per heavy atom. The molecule has 0 bridgehead atoms. The van der Waals surface area contributed by atoms with Gasteiger partial charge in [0.15, 0.2) is 0 Å². The van der Waals surface area contributed by atoms with Crippen molar-refractivity contribution in [3.05, 3.63) is 67.3 Å². The van der Waals surface area contributed by atoms with Crippen molar-refractivity contribution < 1.29 is 15.0 Å². The van der Waals surface area contributed by atoms with Crippen molar-refractivity contribution in [2.45, 2.75) is 39.5 Å². The van der Waals surface area contributed by atoms with Gasteiger partial charge in [-0.3, -0.25) is 25.2 Å². The van der Waals surface area contributed by atoms with E-state index in [1.54, 1.807) is 0 Å². The van der Waals surface area contributed by atoms with Crippen molar-refractivity contribution in [2.75, 3.05) is 0 Å². The van der Waals surface area contributed by atoms with E-state index >= 15 is 0 Å². The van der Waals surface area contributed by atoms with Crippen LogP contribution in [0.1, 0.15) is 56.2 Å². The lowest BCUT2D eigenvalue weighted by atomic mass is 9.93. The smallest absolute Gasteiger partial charge is 0.318 e. The number of benzene rings is 2. The Morgan fingerprint density at radius 1 is 1.00 bits per heavy atom. The van der Waals surface area contributed by atoms with Crippen molar-refractivity contribution in [1.82, 2.24) is 0 Å². The number of phenolic OH excluding ortho intramolecular Hbond substituents is 1. The lowest BCUT2D eigenvalue weighted by Gasteiger charge is -2.16. The van der Waals surface area contributed by atoms with Crippen LogP contribution in [0.3, 0.4) is 0 Å². The first-order valence-corrected chi connectivity index (χ1v) is 8.46. The van der Waals surface area contributed by atoms with Gasteiger partial charge in [-0.15, -0.1) is 0 Å². The Bertz CT molecular complexity index is 894. The molecule has 0 saturated heterocycles. The number of nitro groups is 2. The fourth-order valence-corrected chi connectivity index (χ4v) is 2.76. The van der Waals surface area contributed by atoms with Crippen LogP contribution in [0.4, 0.5) is 17.1 Å². The number of nitrogens with zero attached hydrogens (tertiary/aromatic N) is 3. The van der Waals surface area contributed by atoms with E-state index in [4.69, 9.17) is 0 Å². The van der Waals surface area contributed by atoms with Gasteiger partial charge in [-0.1, -0.05) is 45.9 Å². The first kappa shape index (κ1) is 20.0. The SMILES string of the molecule is CC(C)c1cccc(C(C)C)c1N=Cc1cc([N+](=O)[O-])cc([N+](=O)[O-])c1O. The van der Waals surface area contributed by atoms with Crippen molar-refractivity contribution >= 4 is 23.3 Å². The molecule has 0 aliphatic rings. The summed E-state index contributed by atoms with van der Waals surface area (Å²) in [5, 5.41) is 32.3. The molecule has 0 atom stereocenters. The number of aromatic hydroxyl groups is 1. The Hall–Kier alpha value is -3.29. The van der Waals surface area contributed by atoms with Gasteiger partial charge in [0, 0.05) is 17.8 Å². The Balaban J connectivity index is 2.65. The number of hydrogen-bond acceptors (Lipinski definition) is 6. The van der Waals surface area contributed by atoms with Gasteiger partial charge < -0.3 is 5.11 Å². The van der Waals surface area contributed by atoms with Crippen LogP contribution in [0.25, 0.3) is 0 Å². The van der Waals surface area contributed by atoms with E-state index in [9.17, 15) is 25.3 Å². The maximum absolute atomic E-state index is 11.1. The highest BCUT2D eigenvalue weighted by Crippen LogP contribution is 2.36. The molecule has 0 radical (unpaired) electrons. The van der Waals surface area contributed by atoms with Crippen LogP contribution < -0.4 is 0 Å². The van der Waals surface area contributed by atoms with E-state index in [0.29, 0.717) is 5.69 Å². The molecule has 0 heterocycles. The maximum Gasteiger partial charge on any atom is 0.318 e. The Kier molecular flexibility index (Phi) is 5.89. The quantitative estimate of drug-likeness (QED) is 0.425. The molecule has 27 heavy (non-hydrogen) atoms. The summed E-state index contributed by atoms with van der Waals surface area (Å²) >= 11 is 0. The summed E-state index contributed by atoms with van der Waals surface area (Å²) in [5.41, 5.74) is 1.38. The van der Waals surface area contributed by atoms with Crippen molar-refractivity contribution in [3.8, 4) is 5.75 Å². The summed E-state index contributed by atoms with van der Waals surface area (Å²) in [5.74, 6) is -0.282. The van der Waals surface area contributed by atoms with Crippen LogP contribution in [0.5, 0.6) is 5.75 Å². The number of nitro benzene ring substituents is 2. The van der Waals surface area contributed by atoms with Crippen LogP contribution in [-0.4, -0.2) is 21.2 Å². The molecule has 0 aromatic heterocycles. The Morgan fingerprint density at radius 2 is 1.56 bits per heavy atom. The maximum atomic E-state index is 11.1. The summed E-state index contributed by atoms with van der Waals surface area (Å²) in [6, 6.07) is 7.63. The number of rotatable bonds is 6. The minimum absolute atomic E-state index is 0.0795. The summed E-state index contributed by atoms with van der Waals surface area (Å²) in [6.07, 6.45) is 1.24. The van der Waals surface area contributed by atoms with Crippen LogP contribution in [0.15, 0.2) is 35.3 Å². The van der Waals surface area contributed by atoms with E-state index in [1.165, 1.54) is 6.21 Å². The van der Waals surface area contributed by atoms with E-state index in [2.05, 4.69) is 4.99 Å². The van der Waals surface area contributed by atoms with Crippen molar-refractivity contribution in [3.63, 3.8) is 0 Å². The summed E-state index contributed by atoms with van der Waals surface area (Å²) in [4.78, 5) is 25.0. The van der Waals surface area contributed by atoms with Gasteiger partial charge in [-0.2, -0.15) is 0 Å². The summed E-state index contributed by atoms with van der Waals surface area (Å²) in [6.45, 7) is 8.09. The van der Waals surface area contributed by atoms with Gasteiger partial charge in [0.25, 0.3) is 5.69 Å². The largest absolute Gasteiger partial charge is 0.502 e. The van der Waals surface area contributed by atoms with Gasteiger partial charge in [0.05, 0.1) is 21.6 Å². The molecule has 2 aromatic carbocycles. The lowest BCUT2D eigenvalue weighted by Crippen LogP contribution is -1.98. The fraction of sp³-hybridized carbons (Fsp3) is 0.316. The third kappa shape index (κ3) is 4.28. The topological polar surface area (TPSA) is 119 Å². The molecule has 0 spiro atoms. The number of hydrogen-bond donors (Lipinski definition) is 1. The van der Waals surface area contributed by atoms with E-state index in [0.717, 1.165) is 23.3 Å². The molecule has 2 rings (SSSR count). The zero-order valence-corrected chi connectivity index (χ0v) is 15.5. The first-order valence-electron chi connectivity index (χ1n) is 8.46. The molecule has 8 heteroatoms. The third-order valence-corrected chi connectivity index (χ3v) is 4.19. The number of phenols is 1. The molecule has 0 aliphatic carbocycles. The van der Waals surface area contributed by atoms with Gasteiger partial charge in [0.1, 0.15) is 0 Å². The average molecular weight is 371 g/mol. The predicted octanol–water partition coefficient (Wildman–Crippen LogP) is 5.21. The third-order valence-electron chi connectivity index (χ3n) is 4.19. The standard InChI is InChI=1S/C19H21N3O5/c1-11(2)15-6-5-7-16(12(3)4)18(15)20-10-13-8-14(21(24)25)9-17(19(13)23)22(26)27/h5-12,23H,1-4H3. The number of para-hydroxylation sites is 1. The Labute approximate surface area is 156 Å². The number of non-ortho nitro benzene ring substituents is 1.